The van der Waals surface area contributed by atoms with Crippen molar-refractivity contribution >= 4 is 0 Å². The van der Waals surface area contributed by atoms with E-state index in [1.807, 2.05) is 11.1 Å². The summed E-state index contributed by atoms with van der Waals surface area (Å²) in [6, 6.07) is 0. The second kappa shape index (κ2) is 8.09. The maximum absolute atomic E-state index is 10.5. The summed E-state index contributed by atoms with van der Waals surface area (Å²) in [7, 11) is 0. The molecule has 0 radical (unpaired) electrons. The number of allylic oxidation sites excluding steroid dienone is 3. The minimum Gasteiger partial charge on any atom is -0.393 e. The van der Waals surface area contributed by atoms with E-state index in [0.29, 0.717) is 28.6 Å². The average molecular weight is 413 g/mol. The first-order valence-corrected chi connectivity index (χ1v) is 13.2. The number of aliphatic hydroxyl groups is 1. The number of fused-ring (bicyclic) bond motifs is 4. The van der Waals surface area contributed by atoms with E-state index in [4.69, 9.17) is 0 Å². The van der Waals surface area contributed by atoms with Crippen LogP contribution in [0, 0.1) is 46.3 Å². The summed E-state index contributed by atoms with van der Waals surface area (Å²) in [5.41, 5.74) is 6.08. The molecule has 170 valence electrons. The molecule has 0 saturated heterocycles. The molecular weight excluding hydrogens is 364 g/mol. The average Bonchev–Trinajstić information content (AvgIpc) is 3.06. The van der Waals surface area contributed by atoms with Gasteiger partial charge in [0.15, 0.2) is 0 Å². The van der Waals surface area contributed by atoms with Crippen LogP contribution in [0.15, 0.2) is 23.3 Å². The number of hydrogen-bond acceptors (Lipinski definition) is 1. The van der Waals surface area contributed by atoms with E-state index in [1.54, 1.807) is 5.57 Å². The Balaban J connectivity index is 1.55. The van der Waals surface area contributed by atoms with E-state index in [0.717, 1.165) is 24.2 Å². The molecule has 1 unspecified atom stereocenters. The highest BCUT2D eigenvalue weighted by atomic mass is 16.3. The van der Waals surface area contributed by atoms with Crippen molar-refractivity contribution in [2.45, 2.75) is 112 Å². The summed E-state index contributed by atoms with van der Waals surface area (Å²) in [5, 5.41) is 10.5. The molecule has 0 aromatic rings. The first-order valence-electron chi connectivity index (χ1n) is 13.2. The molecular formula is C29H48O. The fourth-order valence-electron chi connectivity index (χ4n) is 8.52. The van der Waals surface area contributed by atoms with Crippen LogP contribution in [0.2, 0.25) is 0 Å². The van der Waals surface area contributed by atoms with Gasteiger partial charge in [0.25, 0.3) is 0 Å². The van der Waals surface area contributed by atoms with Gasteiger partial charge in [0.2, 0.25) is 0 Å². The van der Waals surface area contributed by atoms with Gasteiger partial charge in [0, 0.05) is 0 Å². The Morgan fingerprint density at radius 3 is 2.50 bits per heavy atom. The Labute approximate surface area is 186 Å². The Morgan fingerprint density at radius 1 is 1.07 bits per heavy atom. The Morgan fingerprint density at radius 2 is 1.80 bits per heavy atom. The summed E-state index contributed by atoms with van der Waals surface area (Å²) in [4.78, 5) is 0. The van der Waals surface area contributed by atoms with Gasteiger partial charge >= 0.3 is 0 Å². The SMILES string of the molecule is C=C(CCC(C)C(C)C)[C@H]1CCC2=C3CC[C@H]4[C@H](C)[C@@H](O)CC[C@]4(C)[C@H]3CC[C@@]21C. The van der Waals surface area contributed by atoms with Crippen molar-refractivity contribution in [3.63, 3.8) is 0 Å². The third-order valence-electron chi connectivity index (χ3n) is 11.0. The molecule has 0 aromatic heterocycles. The zero-order valence-electron chi connectivity index (χ0n) is 20.8. The molecule has 3 saturated carbocycles. The molecule has 4 aliphatic rings. The topological polar surface area (TPSA) is 20.2 Å². The summed E-state index contributed by atoms with van der Waals surface area (Å²) in [6.07, 6.45) is 12.7. The molecule has 1 N–H and O–H groups in total. The van der Waals surface area contributed by atoms with Gasteiger partial charge in [-0.1, -0.05) is 64.8 Å². The maximum atomic E-state index is 10.5. The van der Waals surface area contributed by atoms with Crippen LogP contribution in [0.3, 0.4) is 0 Å². The highest BCUT2D eigenvalue weighted by Crippen LogP contribution is 2.66. The lowest BCUT2D eigenvalue weighted by atomic mass is 9.47. The van der Waals surface area contributed by atoms with Gasteiger partial charge in [-0.25, -0.2) is 0 Å². The van der Waals surface area contributed by atoms with Crippen molar-refractivity contribution < 1.29 is 5.11 Å². The van der Waals surface area contributed by atoms with E-state index < -0.39 is 0 Å². The van der Waals surface area contributed by atoms with Crippen molar-refractivity contribution in [2.75, 3.05) is 0 Å². The zero-order valence-corrected chi connectivity index (χ0v) is 20.8. The quantitative estimate of drug-likeness (QED) is 0.454. The molecule has 4 rings (SSSR count). The summed E-state index contributed by atoms with van der Waals surface area (Å²) in [5.74, 6) is 4.24. The summed E-state index contributed by atoms with van der Waals surface area (Å²) in [6.45, 7) is 19.3. The van der Waals surface area contributed by atoms with Gasteiger partial charge in [-0.15, -0.1) is 0 Å². The molecule has 30 heavy (non-hydrogen) atoms. The highest BCUT2D eigenvalue weighted by molar-refractivity contribution is 5.37. The number of aliphatic hydroxyl groups excluding tert-OH is 1. The van der Waals surface area contributed by atoms with Crippen LogP contribution in [0.4, 0.5) is 0 Å². The molecule has 0 spiro atoms. The highest BCUT2D eigenvalue weighted by Gasteiger charge is 2.56. The largest absolute Gasteiger partial charge is 0.393 e. The van der Waals surface area contributed by atoms with Gasteiger partial charge in [-0.05, 0) is 111 Å². The second-order valence-corrected chi connectivity index (χ2v) is 12.6. The lowest BCUT2D eigenvalue weighted by Crippen LogP contribution is -2.51. The van der Waals surface area contributed by atoms with Crippen LogP contribution in [0.1, 0.15) is 106 Å². The van der Waals surface area contributed by atoms with Crippen LogP contribution in [-0.4, -0.2) is 11.2 Å². The van der Waals surface area contributed by atoms with Gasteiger partial charge in [-0.2, -0.15) is 0 Å². The molecule has 4 aliphatic carbocycles. The molecule has 0 bridgehead atoms. The first kappa shape index (κ1) is 22.6. The van der Waals surface area contributed by atoms with Crippen LogP contribution in [-0.2, 0) is 0 Å². The van der Waals surface area contributed by atoms with Crippen LogP contribution in [0.5, 0.6) is 0 Å². The van der Waals surface area contributed by atoms with E-state index in [2.05, 4.69) is 48.1 Å². The smallest absolute Gasteiger partial charge is 0.0568 e. The van der Waals surface area contributed by atoms with Crippen LogP contribution >= 0.6 is 0 Å². The molecule has 0 aromatic carbocycles. The Hall–Kier alpha value is -0.560. The normalized spacial score (nSPS) is 44.5. The molecule has 1 heteroatoms. The van der Waals surface area contributed by atoms with E-state index >= 15 is 0 Å². The van der Waals surface area contributed by atoms with Gasteiger partial charge in [0.05, 0.1) is 6.10 Å². The summed E-state index contributed by atoms with van der Waals surface area (Å²) >= 11 is 0. The van der Waals surface area contributed by atoms with Crippen molar-refractivity contribution in [3.8, 4) is 0 Å². The van der Waals surface area contributed by atoms with E-state index in [1.165, 1.54) is 57.8 Å². The van der Waals surface area contributed by atoms with Crippen molar-refractivity contribution in [1.82, 2.24) is 0 Å². The van der Waals surface area contributed by atoms with Gasteiger partial charge in [-0.3, -0.25) is 0 Å². The zero-order chi connectivity index (χ0) is 21.8. The van der Waals surface area contributed by atoms with Crippen molar-refractivity contribution in [2.24, 2.45) is 46.3 Å². The minimum absolute atomic E-state index is 0.0708. The molecule has 8 atom stereocenters. The fourth-order valence-corrected chi connectivity index (χ4v) is 8.52. The van der Waals surface area contributed by atoms with Crippen LogP contribution in [0.25, 0.3) is 0 Å². The lowest BCUT2D eigenvalue weighted by Gasteiger charge is -2.58. The Kier molecular flexibility index (Phi) is 6.10. The molecule has 0 amide bonds. The third kappa shape index (κ3) is 3.46. The number of rotatable bonds is 5. The van der Waals surface area contributed by atoms with Crippen LogP contribution < -0.4 is 0 Å². The number of hydrogen-bond donors (Lipinski definition) is 1. The van der Waals surface area contributed by atoms with Crippen molar-refractivity contribution in [3.05, 3.63) is 23.3 Å². The predicted molar refractivity (Wildman–Crippen MR) is 128 cm³/mol. The predicted octanol–water partition coefficient (Wildman–Crippen LogP) is 7.94. The molecule has 1 nitrogen and oxygen atoms in total. The second-order valence-electron chi connectivity index (χ2n) is 12.6. The maximum Gasteiger partial charge on any atom is 0.0568 e. The molecule has 0 heterocycles. The molecule has 0 aliphatic heterocycles. The minimum atomic E-state index is -0.0708. The third-order valence-corrected chi connectivity index (χ3v) is 11.0. The summed E-state index contributed by atoms with van der Waals surface area (Å²) < 4.78 is 0. The van der Waals surface area contributed by atoms with Gasteiger partial charge in [0.1, 0.15) is 0 Å². The standard InChI is InChI=1S/C29H48O/c1-18(2)19(3)8-9-20(4)23-12-13-25-22-10-11-24-21(5)27(30)15-17-29(24,7)26(22)14-16-28(23,25)6/h18-19,21,23-24,26-27,30H,4,8-17H2,1-3,5-7H3/t19?,21-,23+,24-,26-,27-,28+,29-/m0/s1. The van der Waals surface area contributed by atoms with Gasteiger partial charge < -0.3 is 5.11 Å². The fraction of sp³-hybridized carbons (Fsp3) is 0.862. The lowest BCUT2D eigenvalue weighted by molar-refractivity contribution is -0.0771. The van der Waals surface area contributed by atoms with Crippen molar-refractivity contribution in [1.29, 1.82) is 0 Å². The molecule has 3 fully saturated rings. The van der Waals surface area contributed by atoms with E-state index in [9.17, 15) is 5.11 Å². The van der Waals surface area contributed by atoms with E-state index in [-0.39, 0.29) is 6.10 Å². The first-order chi connectivity index (χ1) is 14.1. The monoisotopic (exact) mass is 412 g/mol. The Bertz CT molecular complexity index is 701.